The molecular formula is C17H17ClN2O3. The van der Waals surface area contributed by atoms with Gasteiger partial charge in [0.05, 0.1) is 15.5 Å². The smallest absolute Gasteiger partial charge is 0.270 e. The fourth-order valence-corrected chi connectivity index (χ4v) is 2.51. The van der Waals surface area contributed by atoms with E-state index in [2.05, 4.69) is 19.2 Å². The number of nitro groups is 1. The van der Waals surface area contributed by atoms with E-state index in [1.54, 1.807) is 0 Å². The highest BCUT2D eigenvalue weighted by Gasteiger charge is 2.17. The number of halogens is 1. The van der Waals surface area contributed by atoms with Crippen LogP contribution < -0.4 is 5.32 Å². The molecule has 23 heavy (non-hydrogen) atoms. The number of hydrogen-bond acceptors (Lipinski definition) is 3. The van der Waals surface area contributed by atoms with Crippen LogP contribution in [0, 0.1) is 10.1 Å². The average Bonchev–Trinajstić information content (AvgIpc) is 2.54. The van der Waals surface area contributed by atoms with Gasteiger partial charge in [-0.2, -0.15) is 0 Å². The summed E-state index contributed by atoms with van der Waals surface area (Å²) in [5, 5.41) is 13.6. The molecule has 0 aliphatic heterocycles. The average molecular weight is 333 g/mol. The number of amides is 1. The van der Waals surface area contributed by atoms with E-state index >= 15 is 0 Å². The standard InChI is InChI=1S/C17H17ClN2O3/c1-3-11(2)13-6-4-5-7-16(13)19-17(21)14-9-8-12(20(22)23)10-15(14)18/h4-11H,3H2,1-2H3,(H,19,21). The van der Waals surface area contributed by atoms with Crippen LogP contribution in [0.2, 0.25) is 5.02 Å². The quantitative estimate of drug-likeness (QED) is 0.617. The predicted molar refractivity (Wildman–Crippen MR) is 91.2 cm³/mol. The van der Waals surface area contributed by atoms with Gasteiger partial charge in [0.25, 0.3) is 11.6 Å². The lowest BCUT2D eigenvalue weighted by Gasteiger charge is -2.16. The van der Waals surface area contributed by atoms with Gasteiger partial charge in [-0.15, -0.1) is 0 Å². The molecule has 1 amide bonds. The highest BCUT2D eigenvalue weighted by molar-refractivity contribution is 6.34. The number of para-hydroxylation sites is 1. The van der Waals surface area contributed by atoms with Crippen molar-refractivity contribution in [3.05, 3.63) is 68.7 Å². The van der Waals surface area contributed by atoms with Gasteiger partial charge in [-0.1, -0.05) is 43.6 Å². The van der Waals surface area contributed by atoms with Crippen LogP contribution in [0.15, 0.2) is 42.5 Å². The summed E-state index contributed by atoms with van der Waals surface area (Å²) in [6.45, 7) is 4.17. The third-order valence-corrected chi connectivity index (χ3v) is 4.07. The topological polar surface area (TPSA) is 72.2 Å². The van der Waals surface area contributed by atoms with Crippen molar-refractivity contribution in [3.63, 3.8) is 0 Å². The second-order valence-electron chi connectivity index (χ2n) is 5.27. The van der Waals surface area contributed by atoms with Gasteiger partial charge >= 0.3 is 0 Å². The molecule has 2 rings (SSSR count). The predicted octanol–water partition coefficient (Wildman–Crippen LogP) is 5.01. The van der Waals surface area contributed by atoms with Gasteiger partial charge in [0.1, 0.15) is 0 Å². The minimum absolute atomic E-state index is 0.0534. The third kappa shape index (κ3) is 3.87. The number of benzene rings is 2. The van der Waals surface area contributed by atoms with Crippen molar-refractivity contribution in [2.75, 3.05) is 5.32 Å². The van der Waals surface area contributed by atoms with Crippen LogP contribution in [0.25, 0.3) is 0 Å². The van der Waals surface area contributed by atoms with Crippen molar-refractivity contribution in [2.24, 2.45) is 0 Å². The Morgan fingerprint density at radius 2 is 2.00 bits per heavy atom. The van der Waals surface area contributed by atoms with Crippen molar-refractivity contribution < 1.29 is 9.72 Å². The van der Waals surface area contributed by atoms with E-state index in [4.69, 9.17) is 11.6 Å². The molecule has 1 N–H and O–H groups in total. The Morgan fingerprint density at radius 1 is 1.30 bits per heavy atom. The van der Waals surface area contributed by atoms with E-state index in [9.17, 15) is 14.9 Å². The Balaban J connectivity index is 2.28. The summed E-state index contributed by atoms with van der Waals surface area (Å²) >= 11 is 6.00. The number of nitro benzene ring substituents is 1. The number of carbonyl (C=O) groups excluding carboxylic acids is 1. The SMILES string of the molecule is CCC(C)c1ccccc1NC(=O)c1ccc([N+](=O)[O-])cc1Cl. The van der Waals surface area contributed by atoms with E-state index in [1.165, 1.54) is 18.2 Å². The first-order valence-electron chi connectivity index (χ1n) is 7.28. The number of anilines is 1. The molecule has 1 atom stereocenters. The molecule has 0 saturated carbocycles. The summed E-state index contributed by atoms with van der Waals surface area (Å²) in [6.07, 6.45) is 0.950. The molecule has 120 valence electrons. The summed E-state index contributed by atoms with van der Waals surface area (Å²) < 4.78 is 0. The molecule has 0 aliphatic rings. The molecule has 0 spiro atoms. The number of rotatable bonds is 5. The molecule has 5 nitrogen and oxygen atoms in total. The third-order valence-electron chi connectivity index (χ3n) is 3.76. The van der Waals surface area contributed by atoms with Gasteiger partial charge < -0.3 is 5.32 Å². The van der Waals surface area contributed by atoms with Gasteiger partial charge in [-0.3, -0.25) is 14.9 Å². The maximum absolute atomic E-state index is 12.4. The van der Waals surface area contributed by atoms with Gasteiger partial charge in [0.2, 0.25) is 0 Å². The summed E-state index contributed by atoms with van der Waals surface area (Å²) in [4.78, 5) is 22.6. The van der Waals surface area contributed by atoms with Crippen molar-refractivity contribution in [3.8, 4) is 0 Å². The van der Waals surface area contributed by atoms with Gasteiger partial charge in [0, 0.05) is 17.8 Å². The first-order chi connectivity index (χ1) is 10.9. The van der Waals surface area contributed by atoms with Gasteiger partial charge in [-0.25, -0.2) is 0 Å². The van der Waals surface area contributed by atoms with Crippen LogP contribution >= 0.6 is 11.6 Å². The first kappa shape index (κ1) is 17.0. The lowest BCUT2D eigenvalue weighted by Crippen LogP contribution is -2.14. The maximum atomic E-state index is 12.4. The first-order valence-corrected chi connectivity index (χ1v) is 7.66. The van der Waals surface area contributed by atoms with E-state index in [-0.39, 0.29) is 22.2 Å². The number of nitrogens with zero attached hydrogens (tertiary/aromatic N) is 1. The minimum atomic E-state index is -0.550. The Morgan fingerprint density at radius 3 is 2.61 bits per heavy atom. The molecular weight excluding hydrogens is 316 g/mol. The maximum Gasteiger partial charge on any atom is 0.270 e. The zero-order valence-electron chi connectivity index (χ0n) is 12.9. The molecule has 6 heteroatoms. The minimum Gasteiger partial charge on any atom is -0.322 e. The lowest BCUT2D eigenvalue weighted by molar-refractivity contribution is -0.384. The Hall–Kier alpha value is -2.40. The van der Waals surface area contributed by atoms with E-state index in [0.29, 0.717) is 5.92 Å². The highest BCUT2D eigenvalue weighted by atomic mass is 35.5. The molecule has 0 heterocycles. The summed E-state index contributed by atoms with van der Waals surface area (Å²) in [5.74, 6) is -0.0838. The summed E-state index contributed by atoms with van der Waals surface area (Å²) in [7, 11) is 0. The number of non-ortho nitro benzene ring substituents is 1. The van der Waals surface area contributed by atoms with Crippen LogP contribution in [-0.2, 0) is 0 Å². The molecule has 0 radical (unpaired) electrons. The van der Waals surface area contributed by atoms with Gasteiger partial charge in [-0.05, 0) is 30.0 Å². The van der Waals surface area contributed by atoms with E-state index in [0.717, 1.165) is 17.7 Å². The second kappa shape index (κ2) is 7.24. The van der Waals surface area contributed by atoms with Crippen molar-refractivity contribution in [2.45, 2.75) is 26.2 Å². The molecule has 2 aromatic rings. The van der Waals surface area contributed by atoms with E-state index < -0.39 is 4.92 Å². The molecule has 0 aliphatic carbocycles. The Labute approximate surface area is 139 Å². The summed E-state index contributed by atoms with van der Waals surface area (Å²) in [6, 6.07) is 11.4. The van der Waals surface area contributed by atoms with Crippen LogP contribution in [-0.4, -0.2) is 10.8 Å². The molecule has 2 aromatic carbocycles. The van der Waals surface area contributed by atoms with Gasteiger partial charge in [0.15, 0.2) is 0 Å². The largest absolute Gasteiger partial charge is 0.322 e. The van der Waals surface area contributed by atoms with Crippen LogP contribution in [0.3, 0.4) is 0 Å². The zero-order valence-corrected chi connectivity index (χ0v) is 13.6. The number of carbonyl (C=O) groups is 1. The summed E-state index contributed by atoms with van der Waals surface area (Å²) in [5.41, 5.74) is 1.82. The van der Waals surface area contributed by atoms with Crippen molar-refractivity contribution >= 4 is 28.9 Å². The van der Waals surface area contributed by atoms with Crippen LogP contribution in [0.5, 0.6) is 0 Å². The molecule has 1 unspecified atom stereocenters. The number of hydrogen-bond donors (Lipinski definition) is 1. The second-order valence-corrected chi connectivity index (χ2v) is 5.68. The van der Waals surface area contributed by atoms with Crippen LogP contribution in [0.4, 0.5) is 11.4 Å². The van der Waals surface area contributed by atoms with Crippen LogP contribution in [0.1, 0.15) is 42.1 Å². The normalized spacial score (nSPS) is 11.8. The van der Waals surface area contributed by atoms with Crippen molar-refractivity contribution in [1.82, 2.24) is 0 Å². The zero-order chi connectivity index (χ0) is 17.0. The monoisotopic (exact) mass is 332 g/mol. The number of nitrogens with one attached hydrogen (secondary N) is 1. The molecule has 0 bridgehead atoms. The fourth-order valence-electron chi connectivity index (χ4n) is 2.25. The Bertz CT molecular complexity index is 746. The molecule has 0 fully saturated rings. The Kier molecular flexibility index (Phi) is 5.34. The van der Waals surface area contributed by atoms with E-state index in [1.807, 2.05) is 24.3 Å². The fraction of sp³-hybridized carbons (Fsp3) is 0.235. The highest BCUT2D eigenvalue weighted by Crippen LogP contribution is 2.28. The lowest BCUT2D eigenvalue weighted by atomic mass is 9.97. The van der Waals surface area contributed by atoms with Crippen molar-refractivity contribution in [1.29, 1.82) is 0 Å². The molecule has 0 saturated heterocycles. The molecule has 0 aromatic heterocycles.